The fraction of sp³-hybridized carbons (Fsp3) is 0. The van der Waals surface area contributed by atoms with Crippen LogP contribution in [0.1, 0.15) is 10.4 Å². The van der Waals surface area contributed by atoms with E-state index < -0.39 is 0 Å². The van der Waals surface area contributed by atoms with E-state index >= 15 is 0 Å². The summed E-state index contributed by atoms with van der Waals surface area (Å²) in [5.41, 5.74) is 2.40. The molecule has 0 heterocycles. The summed E-state index contributed by atoms with van der Waals surface area (Å²) in [6, 6.07) is 24.7. The molecule has 124 valence electrons. The molecule has 0 aliphatic rings. The lowest BCUT2D eigenvalue weighted by atomic mass is 10.2. The van der Waals surface area contributed by atoms with Crippen molar-refractivity contribution in [1.29, 1.82) is 0 Å². The molecule has 0 atom stereocenters. The molecule has 5 nitrogen and oxygen atoms in total. The summed E-state index contributed by atoms with van der Waals surface area (Å²) in [7, 11) is 0. The molecule has 0 unspecified atom stereocenters. The number of rotatable bonds is 4. The second kappa shape index (κ2) is 7.79. The standard InChI is InChI=1S/C20H17N3O2/c24-19(21-16-9-3-1-4-10-16)15-8-7-13-18(14-15)23-20(25)22-17-11-5-2-6-12-17/h1-14H,(H,21,24)(H2,22,23,25). The highest BCUT2D eigenvalue weighted by molar-refractivity contribution is 6.06. The summed E-state index contributed by atoms with van der Waals surface area (Å²) in [6.45, 7) is 0. The fourth-order valence-electron chi connectivity index (χ4n) is 2.28. The molecule has 0 aromatic heterocycles. The van der Waals surface area contributed by atoms with Crippen LogP contribution in [0.2, 0.25) is 0 Å². The molecule has 0 saturated carbocycles. The van der Waals surface area contributed by atoms with Gasteiger partial charge in [0.25, 0.3) is 5.91 Å². The Hall–Kier alpha value is -3.60. The van der Waals surface area contributed by atoms with Crippen LogP contribution in [0.25, 0.3) is 0 Å². The largest absolute Gasteiger partial charge is 0.323 e. The zero-order valence-corrected chi connectivity index (χ0v) is 13.4. The summed E-state index contributed by atoms with van der Waals surface area (Å²) >= 11 is 0. The molecular formula is C20H17N3O2. The van der Waals surface area contributed by atoms with Gasteiger partial charge in [-0.1, -0.05) is 42.5 Å². The highest BCUT2D eigenvalue weighted by Crippen LogP contribution is 2.14. The minimum Gasteiger partial charge on any atom is -0.322 e. The second-order valence-corrected chi connectivity index (χ2v) is 5.35. The molecule has 25 heavy (non-hydrogen) atoms. The van der Waals surface area contributed by atoms with Crippen molar-refractivity contribution >= 4 is 29.0 Å². The highest BCUT2D eigenvalue weighted by atomic mass is 16.2. The molecule has 3 aromatic rings. The Morgan fingerprint density at radius 3 is 1.72 bits per heavy atom. The first-order valence-corrected chi connectivity index (χ1v) is 7.80. The highest BCUT2D eigenvalue weighted by Gasteiger charge is 2.08. The van der Waals surface area contributed by atoms with Crippen LogP contribution in [0.15, 0.2) is 84.9 Å². The maximum Gasteiger partial charge on any atom is 0.323 e. The number of amides is 3. The molecule has 0 saturated heterocycles. The Bertz CT molecular complexity index is 864. The van der Waals surface area contributed by atoms with Crippen molar-refractivity contribution in [2.75, 3.05) is 16.0 Å². The minimum absolute atomic E-state index is 0.238. The van der Waals surface area contributed by atoms with Gasteiger partial charge in [-0.15, -0.1) is 0 Å². The first-order valence-electron chi connectivity index (χ1n) is 7.80. The molecule has 3 rings (SSSR count). The van der Waals surface area contributed by atoms with Crippen molar-refractivity contribution in [2.24, 2.45) is 0 Å². The van der Waals surface area contributed by atoms with Crippen molar-refractivity contribution in [3.8, 4) is 0 Å². The predicted octanol–water partition coefficient (Wildman–Crippen LogP) is 4.58. The number of hydrogen-bond donors (Lipinski definition) is 3. The lowest BCUT2D eigenvalue weighted by Crippen LogP contribution is -2.20. The third kappa shape index (κ3) is 4.68. The summed E-state index contributed by atoms with van der Waals surface area (Å²) in [5, 5.41) is 8.26. The van der Waals surface area contributed by atoms with Crippen LogP contribution in [0.3, 0.4) is 0 Å². The first-order chi connectivity index (χ1) is 12.2. The summed E-state index contributed by atoms with van der Waals surface area (Å²) in [5.74, 6) is -0.238. The number of anilines is 3. The minimum atomic E-state index is -0.369. The van der Waals surface area contributed by atoms with Gasteiger partial charge < -0.3 is 16.0 Å². The van der Waals surface area contributed by atoms with Crippen molar-refractivity contribution in [1.82, 2.24) is 0 Å². The molecule has 0 bridgehead atoms. The van der Waals surface area contributed by atoms with Gasteiger partial charge in [-0.2, -0.15) is 0 Å². The number of carbonyl (C=O) groups is 2. The number of urea groups is 1. The molecule has 0 aliphatic carbocycles. The lowest BCUT2D eigenvalue weighted by Gasteiger charge is -2.09. The molecule has 5 heteroatoms. The van der Waals surface area contributed by atoms with Crippen LogP contribution < -0.4 is 16.0 Å². The van der Waals surface area contributed by atoms with Gasteiger partial charge in [0.05, 0.1) is 0 Å². The van der Waals surface area contributed by atoms with Crippen LogP contribution in [-0.2, 0) is 0 Å². The average molecular weight is 331 g/mol. The Kier molecular flexibility index (Phi) is 5.07. The van der Waals surface area contributed by atoms with Gasteiger partial charge in [0.2, 0.25) is 0 Å². The third-order valence-electron chi connectivity index (χ3n) is 3.45. The normalized spacial score (nSPS) is 9.92. The molecule has 0 fully saturated rings. The van der Waals surface area contributed by atoms with E-state index in [9.17, 15) is 9.59 Å². The monoisotopic (exact) mass is 331 g/mol. The van der Waals surface area contributed by atoms with Crippen LogP contribution in [-0.4, -0.2) is 11.9 Å². The third-order valence-corrected chi connectivity index (χ3v) is 3.45. The predicted molar refractivity (Wildman–Crippen MR) is 99.9 cm³/mol. The molecule has 0 radical (unpaired) electrons. The van der Waals surface area contributed by atoms with Gasteiger partial charge in [-0.05, 0) is 42.5 Å². The molecule has 3 N–H and O–H groups in total. The summed E-state index contributed by atoms with van der Waals surface area (Å²) in [6.07, 6.45) is 0. The van der Waals surface area contributed by atoms with Gasteiger partial charge >= 0.3 is 6.03 Å². The molecule has 3 aromatic carbocycles. The summed E-state index contributed by atoms with van der Waals surface area (Å²) < 4.78 is 0. The number of hydrogen-bond acceptors (Lipinski definition) is 2. The van der Waals surface area contributed by atoms with E-state index in [0.29, 0.717) is 22.6 Å². The SMILES string of the molecule is O=C(Nc1ccccc1)Nc1cccc(C(=O)Nc2ccccc2)c1. The zero-order valence-electron chi connectivity index (χ0n) is 13.4. The maximum absolute atomic E-state index is 12.3. The van der Waals surface area contributed by atoms with Gasteiger partial charge in [0, 0.05) is 22.6 Å². The van der Waals surface area contributed by atoms with E-state index in [1.807, 2.05) is 48.5 Å². The van der Waals surface area contributed by atoms with E-state index in [2.05, 4.69) is 16.0 Å². The maximum atomic E-state index is 12.3. The van der Waals surface area contributed by atoms with Crippen LogP contribution in [0.4, 0.5) is 21.9 Å². The van der Waals surface area contributed by atoms with Crippen molar-refractivity contribution in [3.63, 3.8) is 0 Å². The smallest absolute Gasteiger partial charge is 0.322 e. The number of nitrogens with one attached hydrogen (secondary N) is 3. The Morgan fingerprint density at radius 1 is 0.560 bits per heavy atom. The number of carbonyl (C=O) groups excluding carboxylic acids is 2. The molecule has 3 amide bonds. The Morgan fingerprint density at radius 2 is 1.08 bits per heavy atom. The van der Waals surface area contributed by atoms with Crippen molar-refractivity contribution in [3.05, 3.63) is 90.5 Å². The first kappa shape index (κ1) is 16.3. The Balaban J connectivity index is 1.65. The molecular weight excluding hydrogens is 314 g/mol. The zero-order chi connectivity index (χ0) is 17.5. The Labute approximate surface area is 145 Å². The van der Waals surface area contributed by atoms with E-state index in [1.54, 1.807) is 36.4 Å². The van der Waals surface area contributed by atoms with Crippen molar-refractivity contribution in [2.45, 2.75) is 0 Å². The van der Waals surface area contributed by atoms with Crippen LogP contribution in [0.5, 0.6) is 0 Å². The van der Waals surface area contributed by atoms with Gasteiger partial charge in [-0.25, -0.2) is 4.79 Å². The quantitative estimate of drug-likeness (QED) is 0.655. The average Bonchev–Trinajstić information content (AvgIpc) is 2.63. The topological polar surface area (TPSA) is 70.2 Å². The van der Waals surface area contributed by atoms with E-state index in [4.69, 9.17) is 0 Å². The molecule has 0 spiro atoms. The van der Waals surface area contributed by atoms with Gasteiger partial charge in [0.1, 0.15) is 0 Å². The van der Waals surface area contributed by atoms with E-state index in [0.717, 1.165) is 0 Å². The van der Waals surface area contributed by atoms with Crippen LogP contribution in [0, 0.1) is 0 Å². The second-order valence-electron chi connectivity index (χ2n) is 5.35. The number of para-hydroxylation sites is 2. The fourth-order valence-corrected chi connectivity index (χ4v) is 2.28. The van der Waals surface area contributed by atoms with Crippen molar-refractivity contribution < 1.29 is 9.59 Å². The van der Waals surface area contributed by atoms with Crippen LogP contribution >= 0.6 is 0 Å². The molecule has 0 aliphatic heterocycles. The van der Waals surface area contributed by atoms with Gasteiger partial charge in [-0.3, -0.25) is 4.79 Å². The van der Waals surface area contributed by atoms with E-state index in [-0.39, 0.29) is 11.9 Å². The lowest BCUT2D eigenvalue weighted by molar-refractivity contribution is 0.102. The number of benzene rings is 3. The summed E-state index contributed by atoms with van der Waals surface area (Å²) in [4.78, 5) is 24.3. The van der Waals surface area contributed by atoms with Gasteiger partial charge in [0.15, 0.2) is 0 Å². The van der Waals surface area contributed by atoms with E-state index in [1.165, 1.54) is 0 Å².